The molecule has 15 heavy (non-hydrogen) atoms. The molecule has 0 saturated carbocycles. The van der Waals surface area contributed by atoms with Crippen molar-refractivity contribution >= 4 is 26.0 Å². The minimum Gasteiger partial charge on any atom is -0.384 e. The van der Waals surface area contributed by atoms with Gasteiger partial charge in [0.15, 0.2) is 0 Å². The summed E-state index contributed by atoms with van der Waals surface area (Å²) in [6.45, 7) is 3.00. The highest BCUT2D eigenvalue weighted by Crippen LogP contribution is 2.28. The summed E-state index contributed by atoms with van der Waals surface area (Å²) in [5.41, 5.74) is 0. The zero-order valence-electron chi connectivity index (χ0n) is 9.15. The molecule has 1 heterocycles. The molecule has 0 radical (unpaired) electrons. The van der Waals surface area contributed by atoms with E-state index in [4.69, 9.17) is 4.74 Å². The van der Waals surface area contributed by atoms with Crippen LogP contribution in [0.15, 0.2) is 0 Å². The Morgan fingerprint density at radius 3 is 2.73 bits per heavy atom. The lowest BCUT2D eigenvalue weighted by atomic mass is 10.1. The number of ether oxygens (including phenoxy) is 1. The molecule has 2 unspecified atom stereocenters. The molecule has 0 aromatic heterocycles. The lowest BCUT2D eigenvalue weighted by molar-refractivity contribution is 0.215. The molecule has 0 aliphatic carbocycles. The normalized spacial score (nSPS) is 28.5. The number of halogens is 1. The fourth-order valence-electron chi connectivity index (χ4n) is 1.85. The molecule has 1 rings (SSSR count). The highest BCUT2D eigenvalue weighted by atomic mass is 79.9. The second-order valence-corrected chi connectivity index (χ2v) is 6.60. The first-order chi connectivity index (χ1) is 7.03. The van der Waals surface area contributed by atoms with Crippen molar-refractivity contribution < 1.29 is 13.2 Å². The van der Waals surface area contributed by atoms with Crippen LogP contribution in [-0.4, -0.2) is 50.1 Å². The number of methoxy groups -OCH3 is 1. The standard InChI is InChI=1S/C9H18BrNO3S/c1-8-3-4-11(9(8)7-10)15(12,13)6-5-14-2/h8-9H,3-7H2,1-2H3. The summed E-state index contributed by atoms with van der Waals surface area (Å²) in [6, 6.07) is 0.104. The lowest BCUT2D eigenvalue weighted by Crippen LogP contribution is -2.40. The van der Waals surface area contributed by atoms with Gasteiger partial charge in [0, 0.05) is 25.0 Å². The highest BCUT2D eigenvalue weighted by molar-refractivity contribution is 9.09. The first-order valence-electron chi connectivity index (χ1n) is 5.07. The molecule has 0 aromatic carbocycles. The van der Waals surface area contributed by atoms with Crippen molar-refractivity contribution in [1.29, 1.82) is 0 Å². The Kier molecular flexibility index (Phi) is 5.02. The topological polar surface area (TPSA) is 46.6 Å². The van der Waals surface area contributed by atoms with Gasteiger partial charge >= 0.3 is 0 Å². The van der Waals surface area contributed by atoms with E-state index in [9.17, 15) is 8.42 Å². The first-order valence-corrected chi connectivity index (χ1v) is 7.80. The molecule has 6 heteroatoms. The summed E-state index contributed by atoms with van der Waals surface area (Å²) >= 11 is 3.38. The minimum absolute atomic E-state index is 0.0831. The van der Waals surface area contributed by atoms with Gasteiger partial charge in [0.2, 0.25) is 10.0 Å². The lowest BCUT2D eigenvalue weighted by Gasteiger charge is -2.24. The number of hydrogen-bond donors (Lipinski definition) is 0. The largest absolute Gasteiger partial charge is 0.384 e. The van der Waals surface area contributed by atoms with E-state index in [0.29, 0.717) is 17.8 Å². The van der Waals surface area contributed by atoms with Crippen molar-refractivity contribution in [2.24, 2.45) is 5.92 Å². The van der Waals surface area contributed by atoms with Gasteiger partial charge in [-0.05, 0) is 12.3 Å². The van der Waals surface area contributed by atoms with Crippen molar-refractivity contribution in [2.45, 2.75) is 19.4 Å². The van der Waals surface area contributed by atoms with E-state index >= 15 is 0 Å². The quantitative estimate of drug-likeness (QED) is 0.714. The molecule has 2 atom stereocenters. The van der Waals surface area contributed by atoms with Crippen LogP contribution in [-0.2, 0) is 14.8 Å². The van der Waals surface area contributed by atoms with Gasteiger partial charge in [-0.25, -0.2) is 8.42 Å². The summed E-state index contributed by atoms with van der Waals surface area (Å²) in [5, 5.41) is 0.709. The van der Waals surface area contributed by atoms with Crippen molar-refractivity contribution in [3.63, 3.8) is 0 Å². The maximum Gasteiger partial charge on any atom is 0.216 e. The molecular formula is C9H18BrNO3S. The molecule has 1 fully saturated rings. The Morgan fingerprint density at radius 1 is 1.53 bits per heavy atom. The Morgan fingerprint density at radius 2 is 2.20 bits per heavy atom. The first kappa shape index (κ1) is 13.4. The fraction of sp³-hybridized carbons (Fsp3) is 1.00. The van der Waals surface area contributed by atoms with Crippen LogP contribution in [0.5, 0.6) is 0 Å². The number of nitrogens with zero attached hydrogens (tertiary/aromatic N) is 1. The molecule has 1 aliphatic rings. The smallest absolute Gasteiger partial charge is 0.216 e. The van der Waals surface area contributed by atoms with E-state index in [-0.39, 0.29) is 18.4 Å². The second-order valence-electron chi connectivity index (χ2n) is 3.91. The third-order valence-corrected chi connectivity index (χ3v) is 5.41. The van der Waals surface area contributed by atoms with Crippen LogP contribution in [0, 0.1) is 5.92 Å². The van der Waals surface area contributed by atoms with Crippen molar-refractivity contribution in [1.82, 2.24) is 4.31 Å². The number of alkyl halides is 1. The Balaban J connectivity index is 2.70. The Hall–Kier alpha value is 0.350. The highest BCUT2D eigenvalue weighted by Gasteiger charge is 2.37. The van der Waals surface area contributed by atoms with Gasteiger partial charge in [0.25, 0.3) is 0 Å². The van der Waals surface area contributed by atoms with E-state index < -0.39 is 10.0 Å². The molecule has 0 spiro atoms. The van der Waals surface area contributed by atoms with Gasteiger partial charge in [-0.2, -0.15) is 4.31 Å². The predicted octanol–water partition coefficient (Wildman–Crippen LogP) is 1.07. The monoisotopic (exact) mass is 299 g/mol. The predicted molar refractivity (Wildman–Crippen MR) is 63.7 cm³/mol. The van der Waals surface area contributed by atoms with Crippen LogP contribution in [0.25, 0.3) is 0 Å². The summed E-state index contributed by atoms with van der Waals surface area (Å²) in [7, 11) is -1.62. The SMILES string of the molecule is COCCS(=O)(=O)N1CCC(C)C1CBr. The van der Waals surface area contributed by atoms with Gasteiger partial charge < -0.3 is 4.74 Å². The van der Waals surface area contributed by atoms with Gasteiger partial charge in [-0.1, -0.05) is 22.9 Å². The molecule has 0 aromatic rings. The molecule has 0 amide bonds. The van der Waals surface area contributed by atoms with E-state index in [1.165, 1.54) is 7.11 Å². The van der Waals surface area contributed by atoms with Gasteiger partial charge in [0.05, 0.1) is 12.4 Å². The second kappa shape index (κ2) is 5.61. The van der Waals surface area contributed by atoms with Crippen molar-refractivity contribution in [3.8, 4) is 0 Å². The van der Waals surface area contributed by atoms with Gasteiger partial charge in [-0.3, -0.25) is 0 Å². The number of hydrogen-bond acceptors (Lipinski definition) is 3. The number of rotatable bonds is 5. The molecule has 0 N–H and O–H groups in total. The summed E-state index contributed by atoms with van der Waals surface area (Å²) < 4.78 is 30.3. The molecule has 4 nitrogen and oxygen atoms in total. The van der Waals surface area contributed by atoms with E-state index in [1.807, 2.05) is 0 Å². The van der Waals surface area contributed by atoms with E-state index in [1.54, 1.807) is 4.31 Å². The molecule has 1 saturated heterocycles. The zero-order valence-corrected chi connectivity index (χ0v) is 11.6. The molecule has 1 aliphatic heterocycles. The maximum absolute atomic E-state index is 11.9. The van der Waals surface area contributed by atoms with Crippen LogP contribution in [0.2, 0.25) is 0 Å². The maximum atomic E-state index is 11.9. The Bertz CT molecular complexity index is 294. The minimum atomic E-state index is -3.14. The van der Waals surface area contributed by atoms with E-state index in [2.05, 4.69) is 22.9 Å². The Labute approximate surface area is 100 Å². The van der Waals surface area contributed by atoms with Crippen LogP contribution in [0.4, 0.5) is 0 Å². The summed E-state index contributed by atoms with van der Waals surface area (Å²) in [4.78, 5) is 0. The molecular weight excluding hydrogens is 282 g/mol. The van der Waals surface area contributed by atoms with Gasteiger partial charge in [-0.15, -0.1) is 0 Å². The van der Waals surface area contributed by atoms with Crippen molar-refractivity contribution in [3.05, 3.63) is 0 Å². The van der Waals surface area contributed by atoms with Crippen LogP contribution in [0.3, 0.4) is 0 Å². The van der Waals surface area contributed by atoms with Gasteiger partial charge in [0.1, 0.15) is 0 Å². The summed E-state index contributed by atoms with van der Waals surface area (Å²) in [5.74, 6) is 0.515. The average molecular weight is 300 g/mol. The molecule has 90 valence electrons. The zero-order chi connectivity index (χ0) is 11.5. The van der Waals surface area contributed by atoms with Crippen molar-refractivity contribution in [2.75, 3.05) is 31.3 Å². The average Bonchev–Trinajstić information content (AvgIpc) is 2.57. The third-order valence-electron chi connectivity index (χ3n) is 2.89. The van der Waals surface area contributed by atoms with Crippen LogP contribution < -0.4 is 0 Å². The van der Waals surface area contributed by atoms with Crippen LogP contribution >= 0.6 is 15.9 Å². The fourth-order valence-corrected chi connectivity index (χ4v) is 4.72. The van der Waals surface area contributed by atoms with Crippen LogP contribution in [0.1, 0.15) is 13.3 Å². The van der Waals surface area contributed by atoms with E-state index in [0.717, 1.165) is 6.42 Å². The summed E-state index contributed by atoms with van der Waals surface area (Å²) in [6.07, 6.45) is 0.947. The molecule has 0 bridgehead atoms. The third kappa shape index (κ3) is 3.15. The number of sulfonamides is 1.